The molecule has 1 aromatic carbocycles. The molecule has 1 aliphatic rings. The summed E-state index contributed by atoms with van der Waals surface area (Å²) in [6.45, 7) is 5.36. The molecule has 1 atom stereocenters. The summed E-state index contributed by atoms with van der Waals surface area (Å²) in [6.07, 6.45) is -1.24. The number of hydrogen-bond acceptors (Lipinski definition) is 6. The number of alkyl halides is 3. The molecule has 2 amide bonds. The van der Waals surface area contributed by atoms with Crippen molar-refractivity contribution in [3.63, 3.8) is 0 Å². The van der Waals surface area contributed by atoms with Crippen molar-refractivity contribution < 1.29 is 22.7 Å². The van der Waals surface area contributed by atoms with E-state index in [1.165, 1.54) is 30.7 Å². The third kappa shape index (κ3) is 5.19. The van der Waals surface area contributed by atoms with Gasteiger partial charge in [0.2, 0.25) is 0 Å². The molecule has 8 nitrogen and oxygen atoms in total. The van der Waals surface area contributed by atoms with Crippen molar-refractivity contribution in [1.29, 1.82) is 0 Å². The highest BCUT2D eigenvalue weighted by Crippen LogP contribution is 2.36. The van der Waals surface area contributed by atoms with Crippen molar-refractivity contribution in [3.8, 4) is 17.0 Å². The molecule has 3 heterocycles. The van der Waals surface area contributed by atoms with Gasteiger partial charge >= 0.3 is 12.4 Å². The van der Waals surface area contributed by atoms with Gasteiger partial charge < -0.3 is 9.64 Å². The van der Waals surface area contributed by atoms with E-state index in [-0.39, 0.29) is 11.8 Å². The summed E-state index contributed by atoms with van der Waals surface area (Å²) in [7, 11) is 0. The minimum Gasteiger partial charge on any atom is -0.406 e. The van der Waals surface area contributed by atoms with Crippen LogP contribution in [0.3, 0.4) is 0 Å². The van der Waals surface area contributed by atoms with Crippen molar-refractivity contribution in [2.75, 3.05) is 28.2 Å². The first kappa shape index (κ1) is 23.3. The van der Waals surface area contributed by atoms with Crippen LogP contribution >= 0.6 is 0 Å². The van der Waals surface area contributed by atoms with Crippen molar-refractivity contribution in [1.82, 2.24) is 15.0 Å². The van der Waals surface area contributed by atoms with E-state index in [9.17, 15) is 18.0 Å². The van der Waals surface area contributed by atoms with E-state index in [2.05, 4.69) is 24.9 Å². The first-order valence-electron chi connectivity index (χ1n) is 10.7. The van der Waals surface area contributed by atoms with Gasteiger partial charge in [0.1, 0.15) is 17.9 Å². The molecule has 1 aliphatic heterocycles. The fourth-order valence-corrected chi connectivity index (χ4v) is 3.84. The van der Waals surface area contributed by atoms with Gasteiger partial charge in [-0.25, -0.2) is 19.7 Å². The number of carbonyl (C=O) groups excluding carboxylic acids is 1. The van der Waals surface area contributed by atoms with E-state index in [0.29, 0.717) is 35.9 Å². The Morgan fingerprint density at radius 1 is 1.24 bits per heavy atom. The number of fused-ring (bicyclic) bond motifs is 1. The molecule has 1 N–H and O–H groups in total. The van der Waals surface area contributed by atoms with Gasteiger partial charge in [0.25, 0.3) is 0 Å². The zero-order valence-corrected chi connectivity index (χ0v) is 18.6. The first-order valence-corrected chi connectivity index (χ1v) is 10.7. The third-order valence-electron chi connectivity index (χ3n) is 5.46. The molecule has 178 valence electrons. The van der Waals surface area contributed by atoms with Gasteiger partial charge in [0.05, 0.1) is 11.4 Å². The smallest absolute Gasteiger partial charge is 0.406 e. The Labute approximate surface area is 194 Å². The van der Waals surface area contributed by atoms with Crippen LogP contribution in [0.4, 0.5) is 35.3 Å². The van der Waals surface area contributed by atoms with Gasteiger partial charge in [0, 0.05) is 30.9 Å². The number of benzene rings is 1. The fourth-order valence-electron chi connectivity index (χ4n) is 3.84. The van der Waals surface area contributed by atoms with Gasteiger partial charge in [-0.15, -0.1) is 13.2 Å². The maximum absolute atomic E-state index is 13.3. The van der Waals surface area contributed by atoms with Crippen LogP contribution in [-0.2, 0) is 0 Å². The number of carbonyl (C=O) groups is 1. The topological polar surface area (TPSA) is 83.5 Å². The zero-order valence-electron chi connectivity index (χ0n) is 18.6. The lowest BCUT2D eigenvalue weighted by Crippen LogP contribution is -2.42. The number of nitrogens with one attached hydrogen (secondary N) is 1. The van der Waals surface area contributed by atoms with Crippen LogP contribution in [0.5, 0.6) is 5.75 Å². The Kier molecular flexibility index (Phi) is 6.53. The SMILES string of the molecule is CCN1CC[C@@H](C)N(C(=O)Nc2ccncn2)c2nc(-c3cccc(OC(F)(F)F)c3)ccc21. The number of hydrogen-bond donors (Lipinski definition) is 1. The normalized spacial score (nSPS) is 16.0. The second-order valence-corrected chi connectivity index (χ2v) is 7.73. The monoisotopic (exact) mass is 472 g/mol. The molecule has 0 unspecified atom stereocenters. The van der Waals surface area contributed by atoms with Crippen LogP contribution in [0.15, 0.2) is 55.0 Å². The molecule has 0 spiro atoms. The van der Waals surface area contributed by atoms with Crippen LogP contribution in [0.1, 0.15) is 20.3 Å². The summed E-state index contributed by atoms with van der Waals surface area (Å²) in [5.74, 6) is 0.417. The van der Waals surface area contributed by atoms with Gasteiger partial charge in [-0.1, -0.05) is 12.1 Å². The quantitative estimate of drug-likeness (QED) is 0.569. The Bertz CT molecular complexity index is 1160. The lowest BCUT2D eigenvalue weighted by molar-refractivity contribution is -0.274. The molecule has 0 saturated heterocycles. The van der Waals surface area contributed by atoms with E-state index in [0.717, 1.165) is 12.2 Å². The lowest BCUT2D eigenvalue weighted by atomic mass is 10.1. The molecular weight excluding hydrogens is 449 g/mol. The van der Waals surface area contributed by atoms with E-state index in [1.54, 1.807) is 23.1 Å². The largest absolute Gasteiger partial charge is 0.573 e. The van der Waals surface area contributed by atoms with Crippen molar-refractivity contribution in [2.24, 2.45) is 0 Å². The highest BCUT2D eigenvalue weighted by atomic mass is 19.4. The summed E-state index contributed by atoms with van der Waals surface area (Å²) < 4.78 is 42.1. The van der Waals surface area contributed by atoms with Gasteiger partial charge in [0.15, 0.2) is 5.82 Å². The zero-order chi connectivity index (χ0) is 24.3. The highest BCUT2D eigenvalue weighted by Gasteiger charge is 2.32. The van der Waals surface area contributed by atoms with E-state index in [1.807, 2.05) is 19.9 Å². The summed E-state index contributed by atoms with van der Waals surface area (Å²) in [4.78, 5) is 29.6. The molecule has 4 rings (SSSR count). The number of rotatable bonds is 4. The van der Waals surface area contributed by atoms with Crippen LogP contribution in [0.25, 0.3) is 11.3 Å². The predicted molar refractivity (Wildman–Crippen MR) is 122 cm³/mol. The number of anilines is 3. The van der Waals surface area contributed by atoms with E-state index in [4.69, 9.17) is 4.98 Å². The van der Waals surface area contributed by atoms with Gasteiger partial charge in [-0.2, -0.15) is 0 Å². The molecule has 0 bridgehead atoms. The van der Waals surface area contributed by atoms with Crippen LogP contribution in [0.2, 0.25) is 0 Å². The fraction of sp³-hybridized carbons (Fsp3) is 0.304. The molecule has 2 aromatic heterocycles. The second-order valence-electron chi connectivity index (χ2n) is 7.73. The maximum Gasteiger partial charge on any atom is 0.573 e. The highest BCUT2D eigenvalue weighted by molar-refractivity contribution is 6.03. The first-order chi connectivity index (χ1) is 16.2. The number of pyridine rings is 1. The maximum atomic E-state index is 13.3. The number of ether oxygens (including phenoxy) is 1. The molecule has 0 fully saturated rings. The average molecular weight is 472 g/mol. The van der Waals surface area contributed by atoms with E-state index < -0.39 is 12.4 Å². The third-order valence-corrected chi connectivity index (χ3v) is 5.46. The van der Waals surface area contributed by atoms with E-state index >= 15 is 0 Å². The summed E-state index contributed by atoms with van der Waals surface area (Å²) in [5, 5.41) is 2.77. The molecule has 11 heteroatoms. The van der Waals surface area contributed by atoms with Crippen molar-refractivity contribution in [2.45, 2.75) is 32.7 Å². The van der Waals surface area contributed by atoms with Crippen molar-refractivity contribution in [3.05, 3.63) is 55.0 Å². The minimum absolute atomic E-state index is 0.195. The Morgan fingerprint density at radius 2 is 2.06 bits per heavy atom. The molecule has 0 radical (unpaired) electrons. The van der Waals surface area contributed by atoms with Gasteiger partial charge in [-0.3, -0.25) is 10.2 Å². The number of amides is 2. The van der Waals surface area contributed by atoms with Crippen molar-refractivity contribution >= 4 is 23.4 Å². The lowest BCUT2D eigenvalue weighted by Gasteiger charge is -2.28. The number of nitrogens with zero attached hydrogens (tertiary/aromatic N) is 5. The number of halogens is 3. The number of aromatic nitrogens is 3. The summed E-state index contributed by atoms with van der Waals surface area (Å²) >= 11 is 0. The predicted octanol–water partition coefficient (Wildman–Crippen LogP) is 5.09. The standard InChI is InChI=1S/C23H23F3N6O2/c1-3-31-12-10-15(2)32(22(33)30-20-9-11-27-14-28-20)21-19(31)8-7-18(29-21)16-5-4-6-17(13-16)34-23(24,25)26/h4-9,11,13-15H,3,10,12H2,1-2H3,(H,27,28,30,33)/t15-/m1/s1. The Balaban J connectivity index is 1.75. The Morgan fingerprint density at radius 3 is 2.76 bits per heavy atom. The van der Waals surface area contributed by atoms with Crippen LogP contribution < -0.4 is 19.9 Å². The minimum atomic E-state index is -4.80. The average Bonchev–Trinajstić information content (AvgIpc) is 2.94. The van der Waals surface area contributed by atoms with Crippen LogP contribution in [0, 0.1) is 0 Å². The number of urea groups is 1. The molecule has 3 aromatic rings. The van der Waals surface area contributed by atoms with Crippen LogP contribution in [-0.4, -0.2) is 46.5 Å². The molecule has 0 aliphatic carbocycles. The second kappa shape index (κ2) is 9.54. The Hall–Kier alpha value is -3.89. The molecular formula is C23H23F3N6O2. The molecule has 0 saturated carbocycles. The summed E-state index contributed by atoms with van der Waals surface area (Å²) in [5.41, 5.74) is 1.60. The van der Waals surface area contributed by atoms with Gasteiger partial charge in [-0.05, 0) is 50.6 Å². The summed E-state index contributed by atoms with van der Waals surface area (Å²) in [6, 6.07) is 10.1. The molecule has 34 heavy (non-hydrogen) atoms.